The molecule has 3 rings (SSSR count). The van der Waals surface area contributed by atoms with Crippen LogP contribution in [0.4, 0.5) is 0 Å². The highest BCUT2D eigenvalue weighted by molar-refractivity contribution is 7.86. The predicted octanol–water partition coefficient (Wildman–Crippen LogP) is 4.65. The average Bonchev–Trinajstić information content (AvgIpc) is 2.67. The van der Waals surface area contributed by atoms with Gasteiger partial charge in [-0.15, -0.1) is 0 Å². The maximum Gasteiger partial charge on any atom is 0.298 e. The largest absolute Gasteiger partial charge is 0.508 e. The molecule has 0 bridgehead atoms. The van der Waals surface area contributed by atoms with E-state index in [1.807, 2.05) is 49.4 Å². The van der Waals surface area contributed by atoms with E-state index in [1.165, 1.54) is 5.56 Å². The van der Waals surface area contributed by atoms with Crippen molar-refractivity contribution in [2.24, 2.45) is 0 Å². The van der Waals surface area contributed by atoms with Crippen LogP contribution in [0.3, 0.4) is 0 Å². The Balaban J connectivity index is 1.93. The number of phenolic OH excluding ortho intramolecular Hbond substituents is 2. The fourth-order valence-electron chi connectivity index (χ4n) is 3.31. The Kier molecular flexibility index (Phi) is 5.45. The summed E-state index contributed by atoms with van der Waals surface area (Å²) in [5.41, 5.74) is 3.51. The minimum atomic E-state index is -4.60. The maximum atomic E-state index is 11.4. The second-order valence-electron chi connectivity index (χ2n) is 6.87. The molecule has 3 N–H and O–H groups in total. The second-order valence-corrected chi connectivity index (χ2v) is 8.26. The lowest BCUT2D eigenvalue weighted by Crippen LogP contribution is -2.03. The molecule has 0 radical (unpaired) electrons. The molecule has 28 heavy (non-hydrogen) atoms. The van der Waals surface area contributed by atoms with Gasteiger partial charge in [-0.05, 0) is 22.8 Å². The summed E-state index contributed by atoms with van der Waals surface area (Å²) in [6.07, 6.45) is 0. The van der Waals surface area contributed by atoms with E-state index in [9.17, 15) is 23.2 Å². The van der Waals surface area contributed by atoms with Crippen LogP contribution in [0.2, 0.25) is 0 Å². The molecule has 0 saturated heterocycles. The molecule has 0 spiro atoms. The molecule has 3 aromatic rings. The highest BCUT2D eigenvalue weighted by Gasteiger charge is 2.22. The first-order valence-electron chi connectivity index (χ1n) is 8.86. The molecule has 5 nitrogen and oxygen atoms in total. The van der Waals surface area contributed by atoms with E-state index in [0.29, 0.717) is 5.56 Å². The van der Waals surface area contributed by atoms with Gasteiger partial charge in [0.2, 0.25) is 0 Å². The minimum absolute atomic E-state index is 0.221. The Morgan fingerprint density at radius 2 is 1.21 bits per heavy atom. The molecule has 0 saturated carbocycles. The number of hydrogen-bond acceptors (Lipinski definition) is 4. The number of rotatable bonds is 5. The van der Waals surface area contributed by atoms with Crippen molar-refractivity contribution >= 4 is 10.1 Å². The van der Waals surface area contributed by atoms with Crippen LogP contribution in [0.1, 0.15) is 47.9 Å². The van der Waals surface area contributed by atoms with Crippen LogP contribution < -0.4 is 0 Å². The number of phenols is 2. The Hall–Kier alpha value is -2.83. The van der Waals surface area contributed by atoms with E-state index in [-0.39, 0.29) is 17.6 Å². The van der Waals surface area contributed by atoms with Crippen LogP contribution >= 0.6 is 0 Å². The Labute approximate surface area is 164 Å². The van der Waals surface area contributed by atoms with Gasteiger partial charge in [0.05, 0.1) is 0 Å². The van der Waals surface area contributed by atoms with Crippen molar-refractivity contribution in [1.82, 2.24) is 0 Å². The van der Waals surface area contributed by atoms with Gasteiger partial charge < -0.3 is 10.2 Å². The van der Waals surface area contributed by atoms with Gasteiger partial charge >= 0.3 is 0 Å². The summed E-state index contributed by atoms with van der Waals surface area (Å²) in [7, 11) is -4.60. The van der Waals surface area contributed by atoms with Gasteiger partial charge in [0, 0.05) is 23.5 Å². The summed E-state index contributed by atoms with van der Waals surface area (Å²) in [4.78, 5) is -0.624. The first-order valence-corrected chi connectivity index (χ1v) is 10.3. The van der Waals surface area contributed by atoms with Gasteiger partial charge in [-0.3, -0.25) is 4.55 Å². The van der Waals surface area contributed by atoms with Crippen molar-refractivity contribution in [1.29, 1.82) is 0 Å². The highest BCUT2D eigenvalue weighted by atomic mass is 32.2. The summed E-state index contributed by atoms with van der Waals surface area (Å²) in [6.45, 7) is 3.94. The van der Waals surface area contributed by atoms with E-state index in [4.69, 9.17) is 0 Å². The van der Waals surface area contributed by atoms with Gasteiger partial charge in [-0.25, -0.2) is 0 Å². The van der Waals surface area contributed by atoms with Crippen LogP contribution in [-0.4, -0.2) is 23.2 Å². The quantitative estimate of drug-likeness (QED) is 0.544. The summed E-state index contributed by atoms with van der Waals surface area (Å²) in [6, 6.07) is 20.0. The maximum absolute atomic E-state index is 11.4. The molecule has 0 aliphatic carbocycles. The third-order valence-corrected chi connectivity index (χ3v) is 5.97. The summed E-state index contributed by atoms with van der Waals surface area (Å²) < 4.78 is 32.2. The fourth-order valence-corrected chi connectivity index (χ4v) is 3.91. The SMILES string of the molecule is CC(c1ccccc1)c1ccc(C(C)c2cc(S(=O)(=O)O)c(O)cc2O)cc1. The molecule has 2 atom stereocenters. The van der Waals surface area contributed by atoms with Crippen LogP contribution in [-0.2, 0) is 10.1 Å². The summed E-state index contributed by atoms with van der Waals surface area (Å²) in [5.74, 6) is -1.05. The topological polar surface area (TPSA) is 94.8 Å². The van der Waals surface area contributed by atoms with Crippen molar-refractivity contribution in [3.05, 3.63) is 89.0 Å². The van der Waals surface area contributed by atoms with E-state index >= 15 is 0 Å². The zero-order chi connectivity index (χ0) is 20.5. The first-order chi connectivity index (χ1) is 13.2. The van der Waals surface area contributed by atoms with Gasteiger partial charge in [0.15, 0.2) is 0 Å². The van der Waals surface area contributed by atoms with Crippen LogP contribution in [0.15, 0.2) is 71.6 Å². The lowest BCUT2D eigenvalue weighted by Gasteiger charge is -2.18. The molecule has 0 amide bonds. The average molecular weight is 398 g/mol. The van der Waals surface area contributed by atoms with E-state index in [2.05, 4.69) is 19.1 Å². The van der Waals surface area contributed by atoms with Crippen LogP contribution in [0.25, 0.3) is 0 Å². The number of hydrogen-bond donors (Lipinski definition) is 3. The minimum Gasteiger partial charge on any atom is -0.508 e. The fraction of sp³-hybridized carbons (Fsp3) is 0.182. The van der Waals surface area contributed by atoms with Crippen LogP contribution in [0.5, 0.6) is 11.5 Å². The highest BCUT2D eigenvalue weighted by Crippen LogP contribution is 2.37. The zero-order valence-electron chi connectivity index (χ0n) is 15.6. The van der Waals surface area contributed by atoms with Crippen molar-refractivity contribution < 1.29 is 23.2 Å². The normalized spacial score (nSPS) is 13.8. The molecule has 2 unspecified atom stereocenters. The molecule has 6 heteroatoms. The van der Waals surface area contributed by atoms with Crippen molar-refractivity contribution in [2.75, 3.05) is 0 Å². The summed E-state index contributed by atoms with van der Waals surface area (Å²) >= 11 is 0. The third-order valence-electron chi connectivity index (χ3n) is 5.09. The van der Waals surface area contributed by atoms with E-state index < -0.39 is 20.8 Å². The lowest BCUT2D eigenvalue weighted by atomic mass is 9.88. The lowest BCUT2D eigenvalue weighted by molar-refractivity contribution is 0.427. The van der Waals surface area contributed by atoms with Gasteiger partial charge in [-0.1, -0.05) is 68.4 Å². The number of aromatic hydroxyl groups is 2. The molecule has 0 aliphatic heterocycles. The van der Waals surface area contributed by atoms with Crippen molar-refractivity contribution in [3.63, 3.8) is 0 Å². The second kappa shape index (κ2) is 7.66. The molecule has 0 aliphatic rings. The predicted molar refractivity (Wildman–Crippen MR) is 108 cm³/mol. The molecule has 146 valence electrons. The van der Waals surface area contributed by atoms with Gasteiger partial charge in [0.25, 0.3) is 10.1 Å². The molecular weight excluding hydrogens is 376 g/mol. The first kappa shape index (κ1) is 19.9. The summed E-state index contributed by atoms with van der Waals surface area (Å²) in [5, 5.41) is 19.9. The Morgan fingerprint density at radius 1 is 0.714 bits per heavy atom. The smallest absolute Gasteiger partial charge is 0.298 e. The van der Waals surface area contributed by atoms with Gasteiger partial charge in [-0.2, -0.15) is 8.42 Å². The zero-order valence-corrected chi connectivity index (χ0v) is 16.4. The van der Waals surface area contributed by atoms with Crippen molar-refractivity contribution in [2.45, 2.75) is 30.6 Å². The Bertz CT molecular complexity index is 1070. The van der Waals surface area contributed by atoms with Crippen LogP contribution in [0, 0.1) is 0 Å². The molecule has 0 fully saturated rings. The monoisotopic (exact) mass is 398 g/mol. The molecule has 0 aromatic heterocycles. The van der Waals surface area contributed by atoms with Crippen molar-refractivity contribution in [3.8, 4) is 11.5 Å². The standard InChI is InChI=1S/C22H22O5S/c1-14(16-6-4-3-5-7-16)17-8-10-18(11-9-17)15(2)19-12-22(28(25,26)27)21(24)13-20(19)23/h3-15,23-24H,1-2H3,(H,25,26,27). The molecule has 0 heterocycles. The van der Waals surface area contributed by atoms with E-state index in [1.54, 1.807) is 0 Å². The molecular formula is C22H22O5S. The van der Waals surface area contributed by atoms with Gasteiger partial charge in [0.1, 0.15) is 16.4 Å². The van der Waals surface area contributed by atoms with E-state index in [0.717, 1.165) is 23.3 Å². The Morgan fingerprint density at radius 3 is 1.75 bits per heavy atom. The third kappa shape index (κ3) is 4.03. The molecule has 3 aromatic carbocycles. The number of benzene rings is 3.